The second kappa shape index (κ2) is 13.6. The number of hydrogen-bond acceptors (Lipinski definition) is 8. The van der Waals surface area contributed by atoms with Gasteiger partial charge in [0.25, 0.3) is 0 Å². The molecular formula is C34H37N5O6. The standard InChI is InChI=1S/C34H37N5O6/c1-6-44-29-17-24(32-31(33(41)43-5)21(3)36-34(42)37-32)14-15-28(29)45-19-30(40)38-35-18-25-16-20(2)39(22(25)4)27-13-9-11-23-10-7-8-12-26(23)27/h7-18,30,32,38,40H,6,19H2,1-5H3,(H2,36,37,42)/b35-18-/t30-,32+/m0/s1. The van der Waals surface area contributed by atoms with Crippen molar-refractivity contribution in [2.24, 2.45) is 5.10 Å². The Bertz CT molecular complexity index is 1790. The minimum absolute atomic E-state index is 0.123. The molecule has 2 atom stereocenters. The molecule has 2 amide bonds. The molecule has 0 spiro atoms. The number of hydrogen-bond donors (Lipinski definition) is 4. The Kier molecular flexibility index (Phi) is 9.39. The van der Waals surface area contributed by atoms with Crippen LogP contribution in [0.2, 0.25) is 0 Å². The van der Waals surface area contributed by atoms with E-state index in [9.17, 15) is 14.7 Å². The number of aromatic nitrogens is 1. The summed E-state index contributed by atoms with van der Waals surface area (Å²) in [6.45, 7) is 7.78. The average Bonchev–Trinajstić information content (AvgIpc) is 3.31. The van der Waals surface area contributed by atoms with Gasteiger partial charge in [0.1, 0.15) is 6.61 Å². The molecule has 0 aliphatic carbocycles. The van der Waals surface area contributed by atoms with Crippen molar-refractivity contribution < 1.29 is 28.9 Å². The second-order valence-corrected chi connectivity index (χ2v) is 10.6. The lowest BCUT2D eigenvalue weighted by atomic mass is 9.95. The molecule has 0 unspecified atom stereocenters. The molecule has 5 rings (SSSR count). The van der Waals surface area contributed by atoms with E-state index in [-0.39, 0.29) is 12.2 Å². The van der Waals surface area contributed by atoms with E-state index in [1.807, 2.05) is 32.0 Å². The fraction of sp³-hybridized carbons (Fsp3) is 0.265. The van der Waals surface area contributed by atoms with Gasteiger partial charge in [0, 0.05) is 28.0 Å². The van der Waals surface area contributed by atoms with Crippen LogP contribution < -0.4 is 25.5 Å². The highest BCUT2D eigenvalue weighted by Gasteiger charge is 2.32. The molecular weight excluding hydrogens is 574 g/mol. The largest absolute Gasteiger partial charge is 0.490 e. The number of rotatable bonds is 11. The molecule has 11 nitrogen and oxygen atoms in total. The number of esters is 1. The highest BCUT2D eigenvalue weighted by atomic mass is 16.5. The van der Waals surface area contributed by atoms with Crippen molar-refractivity contribution in [1.29, 1.82) is 0 Å². The van der Waals surface area contributed by atoms with Gasteiger partial charge in [-0.05, 0) is 62.9 Å². The molecule has 1 aromatic heterocycles. The number of aliphatic hydroxyl groups excluding tert-OH is 1. The summed E-state index contributed by atoms with van der Waals surface area (Å²) in [5, 5.41) is 22.5. The second-order valence-electron chi connectivity index (χ2n) is 10.6. The van der Waals surface area contributed by atoms with E-state index in [0.29, 0.717) is 29.4 Å². The van der Waals surface area contributed by atoms with E-state index < -0.39 is 24.3 Å². The summed E-state index contributed by atoms with van der Waals surface area (Å²) >= 11 is 0. The lowest BCUT2D eigenvalue weighted by Gasteiger charge is -2.28. The molecule has 1 aliphatic heterocycles. The summed E-state index contributed by atoms with van der Waals surface area (Å²) in [6, 6.07) is 20.5. The molecule has 11 heteroatoms. The van der Waals surface area contributed by atoms with Gasteiger partial charge < -0.3 is 34.5 Å². The van der Waals surface area contributed by atoms with E-state index in [4.69, 9.17) is 14.2 Å². The van der Waals surface area contributed by atoms with Gasteiger partial charge in [-0.25, -0.2) is 9.59 Å². The number of hydrazone groups is 1. The van der Waals surface area contributed by atoms with E-state index in [0.717, 1.165) is 28.0 Å². The van der Waals surface area contributed by atoms with Crippen LogP contribution in [-0.2, 0) is 9.53 Å². The number of methoxy groups -OCH3 is 1. The highest BCUT2D eigenvalue weighted by molar-refractivity contribution is 5.95. The van der Waals surface area contributed by atoms with Crippen LogP contribution in [-0.4, -0.2) is 54.4 Å². The first kappa shape index (κ1) is 31.1. The van der Waals surface area contributed by atoms with Gasteiger partial charge in [-0.2, -0.15) is 5.10 Å². The Morgan fingerprint density at radius 3 is 2.62 bits per heavy atom. The number of benzene rings is 3. The molecule has 0 fully saturated rings. The van der Waals surface area contributed by atoms with Gasteiger partial charge >= 0.3 is 12.0 Å². The molecule has 1 aliphatic rings. The van der Waals surface area contributed by atoms with Crippen molar-refractivity contribution in [2.75, 3.05) is 20.3 Å². The summed E-state index contributed by atoms with van der Waals surface area (Å²) in [4.78, 5) is 24.7. The van der Waals surface area contributed by atoms with E-state index in [2.05, 4.69) is 63.0 Å². The number of carbonyl (C=O) groups is 2. The van der Waals surface area contributed by atoms with Crippen LogP contribution in [0.1, 0.15) is 42.4 Å². The first-order chi connectivity index (χ1) is 21.7. The number of allylic oxidation sites excluding steroid dienone is 1. The molecule has 0 saturated heterocycles. The fourth-order valence-corrected chi connectivity index (χ4v) is 5.51. The monoisotopic (exact) mass is 611 g/mol. The van der Waals surface area contributed by atoms with E-state index >= 15 is 0 Å². The topological polar surface area (TPSA) is 135 Å². The van der Waals surface area contributed by atoms with Crippen LogP contribution >= 0.6 is 0 Å². The molecule has 4 N–H and O–H groups in total. The van der Waals surface area contributed by atoms with Crippen molar-refractivity contribution in [1.82, 2.24) is 20.6 Å². The SMILES string of the molecule is CCOc1cc([C@H]2NC(=O)NC(C)=C2C(=O)OC)ccc1OC[C@H](O)N/N=C\c1cc(C)n(-c2cccc3ccccc23)c1C. The van der Waals surface area contributed by atoms with Crippen LogP contribution in [0.3, 0.4) is 0 Å². The molecule has 2 heterocycles. The van der Waals surface area contributed by atoms with E-state index in [1.165, 1.54) is 12.5 Å². The third kappa shape index (κ3) is 6.63. The molecule has 4 aromatic rings. The third-order valence-corrected chi connectivity index (χ3v) is 7.58. The molecule has 45 heavy (non-hydrogen) atoms. The Morgan fingerprint density at radius 1 is 1.07 bits per heavy atom. The van der Waals surface area contributed by atoms with Crippen LogP contribution in [0.25, 0.3) is 16.5 Å². The molecule has 0 bridgehead atoms. The van der Waals surface area contributed by atoms with Crippen molar-refractivity contribution in [2.45, 2.75) is 40.0 Å². The van der Waals surface area contributed by atoms with Crippen molar-refractivity contribution >= 4 is 29.0 Å². The van der Waals surface area contributed by atoms with Gasteiger partial charge in [0.15, 0.2) is 17.7 Å². The van der Waals surface area contributed by atoms with Crippen LogP contribution in [0.5, 0.6) is 11.5 Å². The lowest BCUT2D eigenvalue weighted by molar-refractivity contribution is -0.136. The van der Waals surface area contributed by atoms with Crippen LogP contribution in [0.15, 0.2) is 83.1 Å². The Labute approximate surface area is 261 Å². The number of aliphatic hydroxyl groups is 1. The average molecular weight is 612 g/mol. The quantitative estimate of drug-likeness (QED) is 0.0831. The highest BCUT2D eigenvalue weighted by Crippen LogP contribution is 2.35. The number of urea groups is 1. The maximum Gasteiger partial charge on any atom is 0.337 e. The number of nitrogens with zero attached hydrogens (tertiary/aromatic N) is 2. The fourth-order valence-electron chi connectivity index (χ4n) is 5.51. The normalized spacial score (nSPS) is 15.5. The molecule has 0 saturated carbocycles. The zero-order valence-corrected chi connectivity index (χ0v) is 25.9. The first-order valence-corrected chi connectivity index (χ1v) is 14.6. The summed E-state index contributed by atoms with van der Waals surface area (Å²) in [6.07, 6.45) is 0.562. The maximum absolute atomic E-state index is 12.5. The van der Waals surface area contributed by atoms with Crippen molar-refractivity contribution in [3.63, 3.8) is 0 Å². The summed E-state index contributed by atoms with van der Waals surface area (Å²) in [7, 11) is 1.28. The van der Waals surface area contributed by atoms with E-state index in [1.54, 1.807) is 31.3 Å². The smallest absolute Gasteiger partial charge is 0.337 e. The van der Waals surface area contributed by atoms with Crippen LogP contribution in [0.4, 0.5) is 4.79 Å². The minimum Gasteiger partial charge on any atom is -0.490 e. The third-order valence-electron chi connectivity index (χ3n) is 7.58. The number of aryl methyl sites for hydroxylation is 1. The Balaban J connectivity index is 1.27. The predicted molar refractivity (Wildman–Crippen MR) is 172 cm³/mol. The Morgan fingerprint density at radius 2 is 1.84 bits per heavy atom. The predicted octanol–water partition coefficient (Wildman–Crippen LogP) is 4.77. The number of ether oxygens (including phenoxy) is 3. The van der Waals surface area contributed by atoms with Gasteiger partial charge in [-0.1, -0.05) is 42.5 Å². The molecule has 3 aromatic carbocycles. The van der Waals surface area contributed by atoms with Crippen molar-refractivity contribution in [3.8, 4) is 17.2 Å². The number of nitrogens with one attached hydrogen (secondary N) is 3. The zero-order valence-electron chi connectivity index (χ0n) is 25.9. The zero-order chi connectivity index (χ0) is 32.1. The number of fused-ring (bicyclic) bond motifs is 1. The number of carbonyl (C=O) groups excluding carboxylic acids is 2. The van der Waals surface area contributed by atoms with Crippen molar-refractivity contribution in [3.05, 3.63) is 101 Å². The Hall–Kier alpha value is -5.29. The molecule has 0 radical (unpaired) electrons. The number of amides is 2. The summed E-state index contributed by atoms with van der Waals surface area (Å²) < 4.78 is 18.8. The molecule has 234 valence electrons. The van der Waals surface area contributed by atoms with Crippen LogP contribution in [0, 0.1) is 13.8 Å². The van der Waals surface area contributed by atoms with Gasteiger partial charge in [-0.3, -0.25) is 5.43 Å². The maximum atomic E-state index is 12.5. The van der Waals surface area contributed by atoms with Gasteiger partial charge in [0.05, 0.1) is 37.2 Å². The van der Waals surface area contributed by atoms with Gasteiger partial charge in [-0.15, -0.1) is 0 Å². The summed E-state index contributed by atoms with van der Waals surface area (Å²) in [5.41, 5.74) is 8.09. The minimum atomic E-state index is -1.11. The van der Waals surface area contributed by atoms with Gasteiger partial charge in [0.2, 0.25) is 0 Å². The first-order valence-electron chi connectivity index (χ1n) is 14.6. The summed E-state index contributed by atoms with van der Waals surface area (Å²) in [5.74, 6) is 0.208. The lowest BCUT2D eigenvalue weighted by Crippen LogP contribution is -2.45.